The minimum Gasteiger partial charge on any atom is -0.481 e. The Balaban J connectivity index is 2.99. The smallest absolute Gasteiger partial charge is 0.168 e. The lowest BCUT2D eigenvalue weighted by atomic mass is 10.3. The monoisotopic (exact) mass is 189 g/mol. The minimum atomic E-state index is 0.0839. The molecule has 1 rings (SSSR count). The van der Waals surface area contributed by atoms with Crippen LogP contribution in [0.3, 0.4) is 0 Å². The Morgan fingerprint density at radius 3 is 2.36 bits per heavy atom. The van der Waals surface area contributed by atoms with Crippen molar-refractivity contribution in [3.05, 3.63) is 23.5 Å². The molecule has 0 radical (unpaired) electrons. The van der Waals surface area contributed by atoms with Gasteiger partial charge in [0.1, 0.15) is 23.7 Å². The van der Waals surface area contributed by atoms with E-state index in [4.69, 9.17) is 11.2 Å². The zero-order valence-electron chi connectivity index (χ0n) is 7.27. The highest BCUT2D eigenvalue weighted by Crippen LogP contribution is 2.12. The second-order valence-electron chi connectivity index (χ2n) is 2.38. The standard InChI is InChI=1S/C10H7NO3/c1-2-3-14-10-4-8(6-12)11-9(5-10)7-13/h1,4-7H,3H2. The number of aromatic nitrogens is 1. The van der Waals surface area contributed by atoms with Crippen molar-refractivity contribution in [1.82, 2.24) is 4.98 Å². The van der Waals surface area contributed by atoms with Crippen LogP contribution in [0.1, 0.15) is 21.0 Å². The van der Waals surface area contributed by atoms with Gasteiger partial charge >= 0.3 is 0 Å². The first-order chi connectivity index (χ1) is 6.80. The van der Waals surface area contributed by atoms with E-state index >= 15 is 0 Å². The minimum absolute atomic E-state index is 0.0839. The van der Waals surface area contributed by atoms with Crippen LogP contribution >= 0.6 is 0 Å². The fourth-order valence-corrected chi connectivity index (χ4v) is 0.876. The number of terminal acetylenes is 1. The number of hydrogen-bond acceptors (Lipinski definition) is 4. The Labute approximate surface area is 80.9 Å². The normalized spacial score (nSPS) is 8.79. The van der Waals surface area contributed by atoms with Gasteiger partial charge in [0.25, 0.3) is 0 Å². The molecular formula is C10H7NO3. The maximum absolute atomic E-state index is 10.4. The molecule has 0 fully saturated rings. The molecule has 0 N–H and O–H groups in total. The van der Waals surface area contributed by atoms with E-state index in [1.165, 1.54) is 12.1 Å². The molecular weight excluding hydrogens is 182 g/mol. The van der Waals surface area contributed by atoms with Crippen molar-refractivity contribution < 1.29 is 14.3 Å². The van der Waals surface area contributed by atoms with Crippen LogP contribution in [-0.2, 0) is 0 Å². The number of carbonyl (C=O) groups excluding carboxylic acids is 2. The third kappa shape index (κ3) is 2.42. The average Bonchev–Trinajstić information content (AvgIpc) is 2.25. The molecule has 0 saturated heterocycles. The van der Waals surface area contributed by atoms with Crippen LogP contribution < -0.4 is 4.74 Å². The summed E-state index contributed by atoms with van der Waals surface area (Å²) < 4.78 is 5.05. The van der Waals surface area contributed by atoms with E-state index in [0.717, 1.165) is 0 Å². The van der Waals surface area contributed by atoms with Crippen molar-refractivity contribution in [1.29, 1.82) is 0 Å². The SMILES string of the molecule is C#CCOc1cc(C=O)nc(C=O)c1. The number of carbonyl (C=O) groups is 2. The maximum Gasteiger partial charge on any atom is 0.168 e. The molecule has 0 spiro atoms. The van der Waals surface area contributed by atoms with Crippen molar-refractivity contribution in [2.45, 2.75) is 0 Å². The summed E-state index contributed by atoms with van der Waals surface area (Å²) in [6.45, 7) is 0.0839. The Morgan fingerprint density at radius 1 is 1.36 bits per heavy atom. The zero-order chi connectivity index (χ0) is 10.4. The summed E-state index contributed by atoms with van der Waals surface area (Å²) in [7, 11) is 0. The molecule has 0 aromatic carbocycles. The molecule has 1 aromatic heterocycles. The lowest BCUT2D eigenvalue weighted by Gasteiger charge is -2.02. The molecule has 0 unspecified atom stereocenters. The Hall–Kier alpha value is -2.15. The Bertz CT molecular complexity index is 367. The van der Waals surface area contributed by atoms with Crippen LogP contribution in [-0.4, -0.2) is 24.2 Å². The average molecular weight is 189 g/mol. The van der Waals surface area contributed by atoms with Crippen molar-refractivity contribution in [2.24, 2.45) is 0 Å². The van der Waals surface area contributed by atoms with E-state index in [-0.39, 0.29) is 18.0 Å². The summed E-state index contributed by atoms with van der Waals surface area (Å²) in [4.78, 5) is 24.6. The first kappa shape index (κ1) is 9.93. The zero-order valence-corrected chi connectivity index (χ0v) is 7.27. The van der Waals surface area contributed by atoms with Gasteiger partial charge in [-0.3, -0.25) is 9.59 Å². The molecule has 70 valence electrons. The fourth-order valence-electron chi connectivity index (χ4n) is 0.876. The molecule has 14 heavy (non-hydrogen) atoms. The number of hydrogen-bond donors (Lipinski definition) is 0. The molecule has 4 nitrogen and oxygen atoms in total. The fraction of sp³-hybridized carbons (Fsp3) is 0.100. The van der Waals surface area contributed by atoms with Gasteiger partial charge in [-0.05, 0) is 0 Å². The molecule has 1 aromatic rings. The van der Waals surface area contributed by atoms with Gasteiger partial charge in [0.15, 0.2) is 12.6 Å². The van der Waals surface area contributed by atoms with Crippen LogP contribution in [0.4, 0.5) is 0 Å². The highest BCUT2D eigenvalue weighted by Gasteiger charge is 2.01. The number of rotatable bonds is 4. The van der Waals surface area contributed by atoms with Gasteiger partial charge < -0.3 is 4.74 Å². The van der Waals surface area contributed by atoms with Gasteiger partial charge in [-0.25, -0.2) is 4.98 Å². The molecule has 0 aliphatic rings. The van der Waals surface area contributed by atoms with Gasteiger partial charge in [-0.1, -0.05) is 5.92 Å². The quantitative estimate of drug-likeness (QED) is 0.517. The van der Waals surface area contributed by atoms with Crippen LogP contribution in [0.2, 0.25) is 0 Å². The second kappa shape index (κ2) is 4.77. The summed E-state index contributed by atoms with van der Waals surface area (Å²) in [5.41, 5.74) is 0.281. The number of nitrogens with zero attached hydrogens (tertiary/aromatic N) is 1. The molecule has 1 heterocycles. The third-order valence-corrected chi connectivity index (χ3v) is 1.40. The van der Waals surface area contributed by atoms with E-state index in [0.29, 0.717) is 18.3 Å². The largest absolute Gasteiger partial charge is 0.481 e. The second-order valence-corrected chi connectivity index (χ2v) is 2.38. The van der Waals surface area contributed by atoms with Crippen molar-refractivity contribution in [2.75, 3.05) is 6.61 Å². The number of ether oxygens (including phenoxy) is 1. The first-order valence-electron chi connectivity index (χ1n) is 3.79. The van der Waals surface area contributed by atoms with Gasteiger partial charge in [-0.2, -0.15) is 0 Å². The summed E-state index contributed by atoms with van der Waals surface area (Å²) >= 11 is 0. The van der Waals surface area contributed by atoms with E-state index in [1.807, 2.05) is 0 Å². The van der Waals surface area contributed by atoms with Gasteiger partial charge in [-0.15, -0.1) is 6.42 Å². The van der Waals surface area contributed by atoms with E-state index in [1.54, 1.807) is 0 Å². The molecule has 0 amide bonds. The first-order valence-corrected chi connectivity index (χ1v) is 3.79. The molecule has 0 aliphatic carbocycles. The van der Waals surface area contributed by atoms with Crippen LogP contribution in [0.15, 0.2) is 12.1 Å². The van der Waals surface area contributed by atoms with E-state index in [9.17, 15) is 9.59 Å². The predicted octanol–water partition coefficient (Wildman–Crippen LogP) is 0.719. The summed E-state index contributed by atoms with van der Waals surface area (Å²) in [6, 6.07) is 2.83. The molecule has 0 aliphatic heterocycles. The molecule has 0 atom stereocenters. The van der Waals surface area contributed by atoms with E-state index in [2.05, 4.69) is 10.9 Å². The topological polar surface area (TPSA) is 56.3 Å². The van der Waals surface area contributed by atoms with Crippen molar-refractivity contribution in [3.8, 4) is 18.1 Å². The van der Waals surface area contributed by atoms with Crippen molar-refractivity contribution >= 4 is 12.6 Å². The van der Waals surface area contributed by atoms with Gasteiger partial charge in [0.05, 0.1) is 0 Å². The Morgan fingerprint density at radius 2 is 1.93 bits per heavy atom. The van der Waals surface area contributed by atoms with Crippen molar-refractivity contribution in [3.63, 3.8) is 0 Å². The number of aldehydes is 2. The Kier molecular flexibility index (Phi) is 3.39. The highest BCUT2D eigenvalue weighted by molar-refractivity contribution is 5.78. The lowest BCUT2D eigenvalue weighted by Crippen LogP contribution is -1.99. The summed E-state index contributed by atoms with van der Waals surface area (Å²) in [6.07, 6.45) is 6.06. The summed E-state index contributed by atoms with van der Waals surface area (Å²) in [5, 5.41) is 0. The summed E-state index contributed by atoms with van der Waals surface area (Å²) in [5.74, 6) is 2.63. The van der Waals surface area contributed by atoms with Crippen LogP contribution in [0.5, 0.6) is 5.75 Å². The molecule has 4 heteroatoms. The lowest BCUT2D eigenvalue weighted by molar-refractivity contribution is 0.111. The van der Waals surface area contributed by atoms with Gasteiger partial charge in [0.2, 0.25) is 0 Å². The number of pyridine rings is 1. The van der Waals surface area contributed by atoms with E-state index < -0.39 is 0 Å². The predicted molar refractivity (Wildman–Crippen MR) is 49.3 cm³/mol. The third-order valence-electron chi connectivity index (χ3n) is 1.40. The van der Waals surface area contributed by atoms with Crippen LogP contribution in [0.25, 0.3) is 0 Å². The maximum atomic E-state index is 10.4. The highest BCUT2D eigenvalue weighted by atomic mass is 16.5. The van der Waals surface area contributed by atoms with Crippen LogP contribution in [0, 0.1) is 12.3 Å². The molecule has 0 bridgehead atoms. The molecule has 0 saturated carbocycles. The van der Waals surface area contributed by atoms with Gasteiger partial charge in [0, 0.05) is 12.1 Å².